The lowest BCUT2D eigenvalue weighted by molar-refractivity contribution is -0.144. The number of hydrogen-bond donors (Lipinski definition) is 2. The molecule has 1 unspecified atom stereocenters. The van der Waals surface area contributed by atoms with E-state index in [9.17, 15) is 9.59 Å². The predicted octanol–water partition coefficient (Wildman–Crippen LogP) is 1.24. The number of ether oxygens (including phenoxy) is 1. The van der Waals surface area contributed by atoms with Crippen LogP contribution in [0, 0.1) is 5.92 Å². The van der Waals surface area contributed by atoms with E-state index in [2.05, 4.69) is 10.1 Å². The molecule has 0 aromatic heterocycles. The minimum atomic E-state index is -0.298. The number of carbonyl (C=O) groups excluding carboxylic acids is 2. The Labute approximate surface area is 115 Å². The lowest BCUT2D eigenvalue weighted by Gasteiger charge is -2.10. The van der Waals surface area contributed by atoms with Crippen LogP contribution in [-0.2, 0) is 14.3 Å². The van der Waals surface area contributed by atoms with Gasteiger partial charge in [0.25, 0.3) is 0 Å². The third kappa shape index (κ3) is 10.4. The SMILES string of the molecule is COC(=O)C(C)CNC(=O)CCCCCCN.Cl. The molecule has 108 valence electrons. The van der Waals surface area contributed by atoms with Gasteiger partial charge >= 0.3 is 5.97 Å². The third-order valence-corrected chi connectivity index (χ3v) is 2.57. The first-order valence-corrected chi connectivity index (χ1v) is 6.16. The van der Waals surface area contributed by atoms with Crippen LogP contribution in [0.3, 0.4) is 0 Å². The van der Waals surface area contributed by atoms with E-state index in [0.717, 1.165) is 25.7 Å². The molecule has 0 bridgehead atoms. The van der Waals surface area contributed by atoms with Gasteiger partial charge in [-0.05, 0) is 19.4 Å². The second kappa shape index (κ2) is 12.6. The number of methoxy groups -OCH3 is 1. The third-order valence-electron chi connectivity index (χ3n) is 2.57. The molecule has 0 saturated heterocycles. The van der Waals surface area contributed by atoms with Gasteiger partial charge in [0.05, 0.1) is 13.0 Å². The fraction of sp³-hybridized carbons (Fsp3) is 0.833. The van der Waals surface area contributed by atoms with Crippen molar-refractivity contribution in [3.63, 3.8) is 0 Å². The summed E-state index contributed by atoms with van der Waals surface area (Å²) in [5, 5.41) is 2.72. The van der Waals surface area contributed by atoms with Crippen molar-refractivity contribution < 1.29 is 14.3 Å². The molecule has 0 radical (unpaired) electrons. The van der Waals surface area contributed by atoms with Crippen molar-refractivity contribution in [2.75, 3.05) is 20.2 Å². The Morgan fingerprint density at radius 1 is 1.22 bits per heavy atom. The summed E-state index contributed by atoms with van der Waals surface area (Å²) >= 11 is 0. The van der Waals surface area contributed by atoms with Crippen molar-refractivity contribution in [3.8, 4) is 0 Å². The first-order valence-electron chi connectivity index (χ1n) is 6.16. The summed E-state index contributed by atoms with van der Waals surface area (Å²) in [6.45, 7) is 2.78. The number of carbonyl (C=O) groups is 2. The van der Waals surface area contributed by atoms with Crippen LogP contribution in [0.25, 0.3) is 0 Å². The molecule has 0 fully saturated rings. The zero-order chi connectivity index (χ0) is 13.1. The molecule has 0 spiro atoms. The zero-order valence-electron chi connectivity index (χ0n) is 11.2. The lowest BCUT2D eigenvalue weighted by atomic mass is 10.1. The minimum absolute atomic E-state index is 0. The number of nitrogens with two attached hydrogens (primary N) is 1. The molecule has 0 aromatic carbocycles. The Morgan fingerprint density at radius 2 is 1.83 bits per heavy atom. The monoisotopic (exact) mass is 280 g/mol. The van der Waals surface area contributed by atoms with Crippen molar-refractivity contribution in [2.24, 2.45) is 11.7 Å². The molecule has 0 aromatic rings. The summed E-state index contributed by atoms with van der Waals surface area (Å²) < 4.78 is 4.57. The Morgan fingerprint density at radius 3 is 2.39 bits per heavy atom. The van der Waals surface area contributed by atoms with Crippen LogP contribution < -0.4 is 11.1 Å². The van der Waals surface area contributed by atoms with Crippen molar-refractivity contribution in [1.29, 1.82) is 0 Å². The van der Waals surface area contributed by atoms with Crippen LogP contribution in [0.4, 0.5) is 0 Å². The van der Waals surface area contributed by atoms with Crippen LogP contribution in [0.15, 0.2) is 0 Å². The normalized spacial score (nSPS) is 11.3. The molecule has 0 aliphatic carbocycles. The van der Waals surface area contributed by atoms with Gasteiger partial charge in [-0.25, -0.2) is 0 Å². The summed E-state index contributed by atoms with van der Waals surface area (Å²) in [7, 11) is 1.35. The topological polar surface area (TPSA) is 81.4 Å². The van der Waals surface area contributed by atoms with E-state index in [-0.39, 0.29) is 30.2 Å². The first kappa shape index (κ1) is 19.5. The number of hydrogen-bond acceptors (Lipinski definition) is 4. The summed E-state index contributed by atoms with van der Waals surface area (Å²) in [6, 6.07) is 0. The number of amides is 1. The van der Waals surface area contributed by atoms with E-state index >= 15 is 0 Å². The van der Waals surface area contributed by atoms with Gasteiger partial charge in [0, 0.05) is 13.0 Å². The van der Waals surface area contributed by atoms with Gasteiger partial charge in [-0.15, -0.1) is 12.4 Å². The molecule has 1 atom stereocenters. The van der Waals surface area contributed by atoms with Gasteiger partial charge in [0.1, 0.15) is 0 Å². The lowest BCUT2D eigenvalue weighted by Crippen LogP contribution is -2.31. The molecule has 6 heteroatoms. The van der Waals surface area contributed by atoms with E-state index in [4.69, 9.17) is 5.73 Å². The largest absolute Gasteiger partial charge is 0.469 e. The van der Waals surface area contributed by atoms with Gasteiger partial charge in [-0.2, -0.15) is 0 Å². The quantitative estimate of drug-likeness (QED) is 0.492. The molecular formula is C12H25ClN2O3. The van der Waals surface area contributed by atoms with Crippen LogP contribution in [-0.4, -0.2) is 32.1 Å². The molecule has 0 rings (SSSR count). The number of esters is 1. The van der Waals surface area contributed by atoms with Crippen LogP contribution >= 0.6 is 12.4 Å². The molecule has 18 heavy (non-hydrogen) atoms. The fourth-order valence-electron chi connectivity index (χ4n) is 1.42. The molecule has 0 saturated carbocycles. The Bertz CT molecular complexity index is 237. The summed E-state index contributed by atoms with van der Waals surface area (Å²) in [4.78, 5) is 22.5. The van der Waals surface area contributed by atoms with Crippen molar-refractivity contribution in [3.05, 3.63) is 0 Å². The average Bonchev–Trinajstić information content (AvgIpc) is 2.34. The van der Waals surface area contributed by atoms with E-state index < -0.39 is 0 Å². The predicted molar refractivity (Wildman–Crippen MR) is 73.6 cm³/mol. The van der Waals surface area contributed by atoms with Gasteiger partial charge in [-0.1, -0.05) is 19.8 Å². The summed E-state index contributed by atoms with van der Waals surface area (Å²) in [5.41, 5.74) is 5.37. The van der Waals surface area contributed by atoms with Crippen LogP contribution in [0.5, 0.6) is 0 Å². The Balaban J connectivity index is 0. The number of nitrogens with one attached hydrogen (secondary N) is 1. The maximum absolute atomic E-state index is 11.4. The average molecular weight is 281 g/mol. The molecule has 1 amide bonds. The minimum Gasteiger partial charge on any atom is -0.469 e. The Kier molecular flexibility index (Phi) is 13.7. The van der Waals surface area contributed by atoms with E-state index in [1.165, 1.54) is 7.11 Å². The van der Waals surface area contributed by atoms with Gasteiger partial charge in [0.15, 0.2) is 0 Å². The van der Waals surface area contributed by atoms with Gasteiger partial charge in [0.2, 0.25) is 5.91 Å². The van der Waals surface area contributed by atoms with Gasteiger partial charge in [-0.3, -0.25) is 9.59 Å². The smallest absolute Gasteiger partial charge is 0.310 e. The molecular weight excluding hydrogens is 256 g/mol. The van der Waals surface area contributed by atoms with Gasteiger partial charge < -0.3 is 15.8 Å². The molecule has 0 heterocycles. The standard InChI is InChI=1S/C12H24N2O3.ClH/c1-10(12(16)17-2)9-14-11(15)7-5-3-4-6-8-13;/h10H,3-9,13H2,1-2H3,(H,14,15);1H. The highest BCUT2D eigenvalue weighted by Gasteiger charge is 2.13. The van der Waals surface area contributed by atoms with Crippen molar-refractivity contribution >= 4 is 24.3 Å². The molecule has 5 nitrogen and oxygen atoms in total. The summed E-state index contributed by atoms with van der Waals surface area (Å²) in [6.07, 6.45) is 4.50. The number of unbranched alkanes of at least 4 members (excludes halogenated alkanes) is 3. The molecule has 3 N–H and O–H groups in total. The second-order valence-corrected chi connectivity index (χ2v) is 4.18. The maximum atomic E-state index is 11.4. The van der Waals surface area contributed by atoms with E-state index in [1.54, 1.807) is 6.92 Å². The van der Waals surface area contributed by atoms with Crippen molar-refractivity contribution in [1.82, 2.24) is 5.32 Å². The van der Waals surface area contributed by atoms with E-state index in [1.807, 2.05) is 0 Å². The number of halogens is 1. The first-order chi connectivity index (χ1) is 8.11. The zero-order valence-corrected chi connectivity index (χ0v) is 12.1. The molecule has 0 aliphatic heterocycles. The highest BCUT2D eigenvalue weighted by atomic mass is 35.5. The number of rotatable bonds is 9. The fourth-order valence-corrected chi connectivity index (χ4v) is 1.42. The van der Waals surface area contributed by atoms with Crippen LogP contribution in [0.1, 0.15) is 39.0 Å². The van der Waals surface area contributed by atoms with Crippen molar-refractivity contribution in [2.45, 2.75) is 39.0 Å². The Hall–Kier alpha value is -0.810. The summed E-state index contributed by atoms with van der Waals surface area (Å²) in [5.74, 6) is -0.595. The van der Waals surface area contributed by atoms with Crippen LogP contribution in [0.2, 0.25) is 0 Å². The highest BCUT2D eigenvalue weighted by molar-refractivity contribution is 5.85. The highest BCUT2D eigenvalue weighted by Crippen LogP contribution is 2.02. The maximum Gasteiger partial charge on any atom is 0.310 e. The second-order valence-electron chi connectivity index (χ2n) is 4.18. The van der Waals surface area contributed by atoms with E-state index in [0.29, 0.717) is 19.5 Å². The molecule has 0 aliphatic rings.